The number of hydrogen-bond acceptors (Lipinski definition) is 1. The maximum atomic E-state index is 12.0. The molecule has 116 valence electrons. The second-order valence-electron chi connectivity index (χ2n) is 6.34. The summed E-state index contributed by atoms with van der Waals surface area (Å²) in [6.45, 7) is 2.20. The minimum absolute atomic E-state index is 0.125. The van der Waals surface area contributed by atoms with Crippen molar-refractivity contribution in [3.63, 3.8) is 0 Å². The van der Waals surface area contributed by atoms with Gasteiger partial charge in [-0.3, -0.25) is 4.79 Å². The normalized spacial score (nSPS) is 18.8. The van der Waals surface area contributed by atoms with E-state index in [0.717, 1.165) is 25.0 Å². The molecule has 3 heteroatoms. The van der Waals surface area contributed by atoms with Crippen molar-refractivity contribution in [1.29, 1.82) is 0 Å². The summed E-state index contributed by atoms with van der Waals surface area (Å²) in [5.41, 5.74) is 9.20. The van der Waals surface area contributed by atoms with E-state index in [1.165, 1.54) is 22.3 Å². The Hall–Kier alpha value is -2.42. The van der Waals surface area contributed by atoms with Gasteiger partial charge in [0.15, 0.2) is 6.04 Å². The highest BCUT2D eigenvalue weighted by Crippen LogP contribution is 2.37. The van der Waals surface area contributed by atoms with E-state index in [9.17, 15) is 4.79 Å². The second kappa shape index (κ2) is 5.65. The van der Waals surface area contributed by atoms with Crippen LogP contribution in [0, 0.1) is 0 Å². The Morgan fingerprint density at radius 2 is 1.57 bits per heavy atom. The van der Waals surface area contributed by atoms with E-state index < -0.39 is 0 Å². The third-order valence-corrected chi connectivity index (χ3v) is 4.82. The van der Waals surface area contributed by atoms with Gasteiger partial charge in [-0.25, -0.2) is 0 Å². The quantitative estimate of drug-likeness (QED) is 0.738. The van der Waals surface area contributed by atoms with Crippen molar-refractivity contribution in [3.05, 3.63) is 59.7 Å². The molecule has 1 aliphatic heterocycles. The molecule has 1 aliphatic carbocycles. The van der Waals surface area contributed by atoms with Crippen molar-refractivity contribution in [2.45, 2.75) is 38.6 Å². The van der Waals surface area contributed by atoms with Crippen molar-refractivity contribution in [3.8, 4) is 11.1 Å². The number of unbranched alkanes of at least 4 members (excludes halogenated alkanes) is 1. The molecule has 1 amide bonds. The van der Waals surface area contributed by atoms with Crippen LogP contribution in [0.4, 0.5) is 0 Å². The molecule has 23 heavy (non-hydrogen) atoms. The highest BCUT2D eigenvalue weighted by atomic mass is 16.2. The lowest BCUT2D eigenvalue weighted by Gasteiger charge is -2.08. The van der Waals surface area contributed by atoms with Gasteiger partial charge in [0, 0.05) is 6.42 Å². The number of hydrazone groups is 1. The number of rotatable bonds is 3. The lowest BCUT2D eigenvalue weighted by atomic mass is 10.1. The molecule has 0 spiro atoms. The first-order chi connectivity index (χ1) is 11.3. The Kier molecular flexibility index (Phi) is 3.49. The van der Waals surface area contributed by atoms with Gasteiger partial charge >= 0.3 is 0 Å². The van der Waals surface area contributed by atoms with Crippen LogP contribution >= 0.6 is 0 Å². The van der Waals surface area contributed by atoms with Crippen LogP contribution in [0.15, 0.2) is 48.5 Å². The predicted octanol–water partition coefficient (Wildman–Crippen LogP) is 3.51. The summed E-state index contributed by atoms with van der Waals surface area (Å²) in [7, 11) is 0. The molecule has 1 unspecified atom stereocenters. The first-order valence-corrected chi connectivity index (χ1v) is 8.44. The maximum Gasteiger partial charge on any atom is 0.281 e. The van der Waals surface area contributed by atoms with E-state index in [4.69, 9.17) is 0 Å². The van der Waals surface area contributed by atoms with Crippen molar-refractivity contribution < 1.29 is 9.48 Å². The number of nitrogens with zero attached hydrogens (tertiary/aromatic N) is 1. The molecule has 3 nitrogen and oxygen atoms in total. The molecular weight excluding hydrogens is 284 g/mol. The number of nitrogens with one attached hydrogen (secondary N) is 1. The molecule has 4 rings (SSSR count). The van der Waals surface area contributed by atoms with Gasteiger partial charge in [-0.05, 0) is 29.7 Å². The van der Waals surface area contributed by atoms with Crippen molar-refractivity contribution in [1.82, 2.24) is 5.43 Å². The Balaban J connectivity index is 1.91. The third-order valence-electron chi connectivity index (χ3n) is 4.82. The van der Waals surface area contributed by atoms with Crippen LogP contribution in [0.5, 0.6) is 0 Å². The van der Waals surface area contributed by atoms with E-state index in [1.807, 2.05) is 0 Å². The van der Waals surface area contributed by atoms with Crippen LogP contribution in [0.3, 0.4) is 0 Å². The van der Waals surface area contributed by atoms with E-state index in [-0.39, 0.29) is 11.9 Å². The number of amides is 1. The van der Waals surface area contributed by atoms with Gasteiger partial charge in [0.2, 0.25) is 5.71 Å². The molecule has 1 fully saturated rings. The minimum Gasteiger partial charge on any atom is -0.269 e. The minimum atomic E-state index is 0.125. The first kappa shape index (κ1) is 14.2. The first-order valence-electron chi connectivity index (χ1n) is 8.44. The van der Waals surface area contributed by atoms with E-state index in [1.54, 1.807) is 0 Å². The lowest BCUT2D eigenvalue weighted by molar-refractivity contribution is -0.593. The van der Waals surface area contributed by atoms with Gasteiger partial charge in [-0.15, -0.1) is 10.1 Å². The Morgan fingerprint density at radius 1 is 1.00 bits per heavy atom. The van der Waals surface area contributed by atoms with E-state index >= 15 is 0 Å². The van der Waals surface area contributed by atoms with Crippen LogP contribution in [0.2, 0.25) is 0 Å². The fraction of sp³-hybridized carbons (Fsp3) is 0.300. The number of benzene rings is 2. The fourth-order valence-electron chi connectivity index (χ4n) is 3.74. The van der Waals surface area contributed by atoms with Crippen molar-refractivity contribution in [2.75, 3.05) is 0 Å². The second-order valence-corrected chi connectivity index (χ2v) is 6.34. The third kappa shape index (κ3) is 2.27. The summed E-state index contributed by atoms with van der Waals surface area (Å²) in [6.07, 6.45) is 3.94. The number of hydrogen-bond donors (Lipinski definition) is 1. The van der Waals surface area contributed by atoms with Gasteiger partial charge in [0.1, 0.15) is 0 Å². The van der Waals surface area contributed by atoms with Gasteiger partial charge in [-0.1, -0.05) is 49.7 Å². The summed E-state index contributed by atoms with van der Waals surface area (Å²) >= 11 is 0. The molecule has 0 radical (unpaired) electrons. The molecular formula is C20H21N2O+. The van der Waals surface area contributed by atoms with E-state index in [0.29, 0.717) is 6.42 Å². The van der Waals surface area contributed by atoms with Crippen LogP contribution in [-0.2, 0) is 4.79 Å². The molecule has 0 aromatic heterocycles. The zero-order valence-corrected chi connectivity index (χ0v) is 13.4. The predicted molar refractivity (Wildman–Crippen MR) is 91.4 cm³/mol. The van der Waals surface area contributed by atoms with Gasteiger partial charge < -0.3 is 0 Å². The van der Waals surface area contributed by atoms with Crippen LogP contribution < -0.4 is 5.43 Å². The number of hydrazine groups is 1. The van der Waals surface area contributed by atoms with Gasteiger partial charge in [0.25, 0.3) is 5.91 Å². The largest absolute Gasteiger partial charge is 0.281 e. The summed E-state index contributed by atoms with van der Waals surface area (Å²) < 4.78 is 2.13. The average molecular weight is 305 g/mol. The molecule has 1 saturated heterocycles. The molecule has 1 heterocycles. The number of fused-ring (bicyclic) bond motifs is 3. The molecule has 0 saturated carbocycles. The summed E-state index contributed by atoms with van der Waals surface area (Å²) in [6, 6.07) is 17.2. The van der Waals surface area contributed by atoms with Crippen LogP contribution in [0.25, 0.3) is 11.1 Å². The van der Waals surface area contributed by atoms with Gasteiger partial charge in [-0.2, -0.15) is 0 Å². The fourth-order valence-corrected chi connectivity index (χ4v) is 3.74. The topological polar surface area (TPSA) is 32.1 Å². The highest BCUT2D eigenvalue weighted by molar-refractivity contribution is 6.22. The number of carbonyl (C=O) groups is 1. The van der Waals surface area contributed by atoms with E-state index in [2.05, 4.69) is 65.6 Å². The number of carbonyl (C=O) groups excluding carboxylic acids is 1. The zero-order chi connectivity index (χ0) is 15.8. The van der Waals surface area contributed by atoms with Crippen LogP contribution in [0.1, 0.15) is 43.7 Å². The SMILES string of the molecule is CCCCC1CC(=O)N[N+]1=C1c2ccccc2-c2ccccc21. The lowest BCUT2D eigenvalue weighted by Crippen LogP contribution is -2.35. The Morgan fingerprint density at radius 3 is 2.13 bits per heavy atom. The van der Waals surface area contributed by atoms with Gasteiger partial charge in [0.05, 0.1) is 17.5 Å². The average Bonchev–Trinajstić information content (AvgIpc) is 3.10. The zero-order valence-electron chi connectivity index (χ0n) is 13.4. The molecule has 2 aliphatic rings. The Labute approximate surface area is 136 Å². The maximum absolute atomic E-state index is 12.0. The molecule has 0 bridgehead atoms. The summed E-state index contributed by atoms with van der Waals surface area (Å²) in [5, 5.41) is 0. The molecule has 1 atom stereocenters. The molecule has 2 aromatic carbocycles. The monoisotopic (exact) mass is 305 g/mol. The smallest absolute Gasteiger partial charge is 0.269 e. The molecule has 1 N–H and O–H groups in total. The molecule has 2 aromatic rings. The Bertz CT molecular complexity index is 759. The van der Waals surface area contributed by atoms with Crippen molar-refractivity contribution >= 4 is 11.6 Å². The highest BCUT2D eigenvalue weighted by Gasteiger charge is 2.41. The summed E-state index contributed by atoms with van der Waals surface area (Å²) in [4.78, 5) is 12.0. The van der Waals surface area contributed by atoms with Crippen molar-refractivity contribution in [2.24, 2.45) is 0 Å². The van der Waals surface area contributed by atoms with Crippen LogP contribution in [-0.4, -0.2) is 22.3 Å². The standard InChI is InChI=1S/C20H20N2O/c1-2-3-8-14-13-19(23)21-22(14)20-17-11-6-4-9-15(17)16-10-5-7-12-18(16)20/h4-7,9-12,14H,2-3,8,13H2,1H3/p+1. The summed E-state index contributed by atoms with van der Waals surface area (Å²) in [5.74, 6) is 0.125.